The number of fused-ring (bicyclic) bond motifs is 1. The van der Waals surface area contributed by atoms with Gasteiger partial charge in [-0.2, -0.15) is 0 Å². The topological polar surface area (TPSA) is 109 Å². The average Bonchev–Trinajstić information content (AvgIpc) is 3.10. The monoisotopic (exact) mass is 441 g/mol. The third-order valence-corrected chi connectivity index (χ3v) is 6.29. The summed E-state index contributed by atoms with van der Waals surface area (Å²) in [4.78, 5) is 8.10. The highest BCUT2D eigenvalue weighted by molar-refractivity contribution is 7.92. The molecule has 0 spiro atoms. The van der Waals surface area contributed by atoms with Crippen molar-refractivity contribution >= 4 is 36.6 Å². The number of imidazole rings is 1. The molecule has 0 fully saturated rings. The number of para-hydroxylation sites is 1. The van der Waals surface area contributed by atoms with Crippen LogP contribution in [0.2, 0.25) is 0 Å². The molecule has 154 valence electrons. The second-order valence-electron chi connectivity index (χ2n) is 7.03. The van der Waals surface area contributed by atoms with Gasteiger partial charge in [0.25, 0.3) is 0 Å². The molecule has 0 bridgehead atoms. The lowest BCUT2D eigenvalue weighted by molar-refractivity contribution is 0.601. The van der Waals surface area contributed by atoms with Crippen LogP contribution in [0.1, 0.15) is 0 Å². The number of hydrogen-bond donors (Lipinski definition) is 2. The zero-order valence-electron chi connectivity index (χ0n) is 16.2. The van der Waals surface area contributed by atoms with E-state index >= 15 is 0 Å². The SMILES string of the molecule is CS(=O)(=O)Nc1ccccc1-c1ccc2[nH]c(-c3ccc(S(C)(=O)=O)cc3)nc2c1. The number of aromatic nitrogens is 2. The molecule has 2 N–H and O–H groups in total. The molecule has 0 amide bonds. The fourth-order valence-corrected chi connectivity index (χ4v) is 4.40. The van der Waals surface area contributed by atoms with Gasteiger partial charge in [-0.25, -0.2) is 21.8 Å². The van der Waals surface area contributed by atoms with Crippen LogP contribution in [-0.4, -0.2) is 39.3 Å². The maximum Gasteiger partial charge on any atom is 0.229 e. The number of anilines is 1. The standard InChI is InChI=1S/C21H19N3O4S2/c1-29(25,26)16-10-7-14(8-11-16)21-22-19-12-9-15(13-20(19)23-21)17-5-3-4-6-18(17)24-30(2,27)28/h3-13,24H,1-2H3,(H,22,23). The van der Waals surface area contributed by atoms with Crippen LogP contribution in [0.4, 0.5) is 5.69 Å². The third-order valence-electron chi connectivity index (χ3n) is 4.57. The average molecular weight is 442 g/mol. The number of aromatic amines is 1. The largest absolute Gasteiger partial charge is 0.338 e. The van der Waals surface area contributed by atoms with Gasteiger partial charge in [0.05, 0.1) is 27.9 Å². The summed E-state index contributed by atoms with van der Waals surface area (Å²) in [5.74, 6) is 0.616. The van der Waals surface area contributed by atoms with Gasteiger partial charge in [-0.05, 0) is 48.0 Å². The van der Waals surface area contributed by atoms with Crippen molar-refractivity contribution in [1.29, 1.82) is 0 Å². The molecule has 0 unspecified atom stereocenters. The highest BCUT2D eigenvalue weighted by Crippen LogP contribution is 2.31. The number of nitrogens with one attached hydrogen (secondary N) is 2. The van der Waals surface area contributed by atoms with Gasteiger partial charge in [-0.3, -0.25) is 4.72 Å². The van der Waals surface area contributed by atoms with Crippen molar-refractivity contribution in [2.75, 3.05) is 17.2 Å². The molecule has 0 saturated heterocycles. The molecule has 0 radical (unpaired) electrons. The summed E-state index contributed by atoms with van der Waals surface area (Å²) in [7, 11) is -6.67. The Balaban J connectivity index is 1.74. The van der Waals surface area contributed by atoms with Crippen LogP contribution in [-0.2, 0) is 19.9 Å². The minimum atomic E-state index is -3.41. The molecule has 7 nitrogen and oxygen atoms in total. The van der Waals surface area contributed by atoms with Gasteiger partial charge in [0.15, 0.2) is 9.84 Å². The normalized spacial score (nSPS) is 12.2. The molecular formula is C21H19N3O4S2. The molecule has 4 aromatic rings. The number of sulfone groups is 1. The lowest BCUT2D eigenvalue weighted by Crippen LogP contribution is -2.10. The molecule has 1 heterocycles. The predicted octanol–water partition coefficient (Wildman–Crippen LogP) is 3.67. The first-order chi connectivity index (χ1) is 14.1. The Bertz CT molecular complexity index is 1460. The summed E-state index contributed by atoms with van der Waals surface area (Å²) in [5.41, 5.74) is 4.34. The van der Waals surface area contributed by atoms with Crippen LogP contribution in [0.5, 0.6) is 0 Å². The molecular weight excluding hydrogens is 422 g/mol. The summed E-state index contributed by atoms with van der Waals surface area (Å²) in [6.07, 6.45) is 2.28. The second-order valence-corrected chi connectivity index (χ2v) is 10.8. The summed E-state index contributed by atoms with van der Waals surface area (Å²) in [5, 5.41) is 0. The number of H-pyrrole nitrogens is 1. The van der Waals surface area contributed by atoms with E-state index in [0.29, 0.717) is 17.0 Å². The molecule has 4 rings (SSSR count). The molecule has 0 saturated carbocycles. The van der Waals surface area contributed by atoms with Crippen molar-refractivity contribution in [3.63, 3.8) is 0 Å². The lowest BCUT2D eigenvalue weighted by atomic mass is 10.0. The Hall–Kier alpha value is -3.17. The number of benzene rings is 3. The Morgan fingerprint density at radius 1 is 0.833 bits per heavy atom. The number of hydrogen-bond acceptors (Lipinski definition) is 5. The molecule has 0 aliphatic carbocycles. The summed E-state index contributed by atoms with van der Waals surface area (Å²) >= 11 is 0. The van der Waals surface area contributed by atoms with Gasteiger partial charge in [0, 0.05) is 17.4 Å². The molecule has 9 heteroatoms. The molecule has 0 aliphatic rings. The van der Waals surface area contributed by atoms with E-state index in [1.165, 1.54) is 6.26 Å². The van der Waals surface area contributed by atoms with E-state index in [9.17, 15) is 16.8 Å². The van der Waals surface area contributed by atoms with E-state index in [1.54, 1.807) is 36.4 Å². The lowest BCUT2D eigenvalue weighted by Gasteiger charge is -2.10. The van der Waals surface area contributed by atoms with Gasteiger partial charge in [-0.15, -0.1) is 0 Å². The number of rotatable bonds is 5. The van der Waals surface area contributed by atoms with Crippen molar-refractivity contribution < 1.29 is 16.8 Å². The summed E-state index contributed by atoms with van der Waals surface area (Å²) in [6, 6.07) is 19.3. The fraction of sp³-hybridized carbons (Fsp3) is 0.0952. The highest BCUT2D eigenvalue weighted by atomic mass is 32.2. The smallest absolute Gasteiger partial charge is 0.229 e. The molecule has 1 aromatic heterocycles. The maximum absolute atomic E-state index is 11.7. The quantitative estimate of drug-likeness (QED) is 0.491. The van der Waals surface area contributed by atoms with Crippen LogP contribution in [0.15, 0.2) is 71.6 Å². The van der Waals surface area contributed by atoms with E-state index in [4.69, 9.17) is 0 Å². The molecule has 0 atom stereocenters. The van der Waals surface area contributed by atoms with Gasteiger partial charge >= 0.3 is 0 Å². The minimum Gasteiger partial charge on any atom is -0.338 e. The Morgan fingerprint density at radius 3 is 2.17 bits per heavy atom. The fourth-order valence-electron chi connectivity index (χ4n) is 3.19. The molecule has 0 aliphatic heterocycles. The third kappa shape index (κ3) is 4.22. The Kier molecular flexibility index (Phi) is 4.87. The minimum absolute atomic E-state index is 0.250. The van der Waals surface area contributed by atoms with Crippen molar-refractivity contribution in [1.82, 2.24) is 9.97 Å². The van der Waals surface area contributed by atoms with Crippen LogP contribution in [0, 0.1) is 0 Å². The molecule has 3 aromatic carbocycles. The van der Waals surface area contributed by atoms with E-state index in [-0.39, 0.29) is 4.90 Å². The number of sulfonamides is 1. The van der Waals surface area contributed by atoms with E-state index in [0.717, 1.165) is 28.5 Å². The van der Waals surface area contributed by atoms with Crippen molar-refractivity contribution in [3.8, 4) is 22.5 Å². The van der Waals surface area contributed by atoms with E-state index < -0.39 is 19.9 Å². The zero-order valence-corrected chi connectivity index (χ0v) is 17.9. The summed E-state index contributed by atoms with van der Waals surface area (Å²) < 4.78 is 49.2. The van der Waals surface area contributed by atoms with Gasteiger partial charge in [0.2, 0.25) is 10.0 Å². The van der Waals surface area contributed by atoms with Crippen molar-refractivity contribution in [2.24, 2.45) is 0 Å². The first-order valence-electron chi connectivity index (χ1n) is 8.98. The first-order valence-corrected chi connectivity index (χ1v) is 12.8. The van der Waals surface area contributed by atoms with Gasteiger partial charge in [-0.1, -0.05) is 24.3 Å². The maximum atomic E-state index is 11.7. The van der Waals surface area contributed by atoms with Crippen LogP contribution < -0.4 is 4.72 Å². The van der Waals surface area contributed by atoms with Crippen molar-refractivity contribution in [3.05, 3.63) is 66.7 Å². The highest BCUT2D eigenvalue weighted by Gasteiger charge is 2.12. The van der Waals surface area contributed by atoms with Crippen LogP contribution >= 0.6 is 0 Å². The second kappa shape index (κ2) is 7.26. The van der Waals surface area contributed by atoms with E-state index in [2.05, 4.69) is 14.7 Å². The van der Waals surface area contributed by atoms with Crippen LogP contribution in [0.25, 0.3) is 33.5 Å². The predicted molar refractivity (Wildman–Crippen MR) is 119 cm³/mol. The van der Waals surface area contributed by atoms with E-state index in [1.807, 2.05) is 30.3 Å². The van der Waals surface area contributed by atoms with Crippen molar-refractivity contribution in [2.45, 2.75) is 4.90 Å². The van der Waals surface area contributed by atoms with Gasteiger partial charge < -0.3 is 4.98 Å². The number of nitrogens with zero attached hydrogens (tertiary/aromatic N) is 1. The zero-order chi connectivity index (χ0) is 21.5. The Labute approximate surface area is 174 Å². The first kappa shape index (κ1) is 20.1. The Morgan fingerprint density at radius 2 is 1.50 bits per heavy atom. The van der Waals surface area contributed by atoms with Gasteiger partial charge in [0.1, 0.15) is 5.82 Å². The summed E-state index contributed by atoms with van der Waals surface area (Å²) in [6.45, 7) is 0. The molecule has 30 heavy (non-hydrogen) atoms. The van der Waals surface area contributed by atoms with Crippen LogP contribution in [0.3, 0.4) is 0 Å².